The molecule has 0 aliphatic heterocycles. The van der Waals surface area contributed by atoms with Crippen LogP contribution in [0.2, 0.25) is 0 Å². The maximum Gasteiger partial charge on any atom is 0.132 e. The minimum Gasteiger partial charge on any atom is -0.496 e. The van der Waals surface area contributed by atoms with Crippen molar-refractivity contribution in [2.75, 3.05) is 24.7 Å². The van der Waals surface area contributed by atoms with E-state index in [1.54, 1.807) is 18.9 Å². The molecule has 4 heteroatoms. The van der Waals surface area contributed by atoms with Crippen molar-refractivity contribution >= 4 is 33.4 Å². The molecule has 0 amide bonds. The summed E-state index contributed by atoms with van der Waals surface area (Å²) in [5, 5.41) is 3.41. The molecule has 0 saturated heterocycles. The highest BCUT2D eigenvalue weighted by Crippen LogP contribution is 2.28. The highest BCUT2D eigenvalue weighted by atomic mass is 79.9. The van der Waals surface area contributed by atoms with Crippen molar-refractivity contribution in [1.82, 2.24) is 0 Å². The zero-order chi connectivity index (χ0) is 13.5. The molecular weight excluding hydrogens is 322 g/mol. The van der Waals surface area contributed by atoms with Gasteiger partial charge in [-0.3, -0.25) is 0 Å². The van der Waals surface area contributed by atoms with Crippen LogP contribution in [0.4, 0.5) is 5.69 Å². The van der Waals surface area contributed by atoms with Crippen molar-refractivity contribution in [2.45, 2.75) is 4.90 Å². The fraction of sp³-hybridized carbons (Fsp3) is 0.200. The van der Waals surface area contributed by atoms with Gasteiger partial charge in [-0.05, 0) is 40.2 Å². The van der Waals surface area contributed by atoms with E-state index < -0.39 is 0 Å². The zero-order valence-electron chi connectivity index (χ0n) is 10.7. The Bertz CT molecular complexity index is 533. The first kappa shape index (κ1) is 14.3. The molecule has 2 nitrogen and oxygen atoms in total. The van der Waals surface area contributed by atoms with Gasteiger partial charge in [0.05, 0.1) is 7.11 Å². The van der Waals surface area contributed by atoms with E-state index in [4.69, 9.17) is 4.74 Å². The molecule has 19 heavy (non-hydrogen) atoms. The predicted octanol–water partition coefficient (Wildman–Crippen LogP) is 4.66. The first-order chi connectivity index (χ1) is 9.31. The highest BCUT2D eigenvalue weighted by molar-refractivity contribution is 9.10. The minimum atomic E-state index is 0.908. The molecule has 0 unspecified atom stereocenters. The molecule has 0 atom stereocenters. The molecule has 0 heterocycles. The third-order valence-electron chi connectivity index (χ3n) is 2.62. The lowest BCUT2D eigenvalue weighted by Crippen LogP contribution is -2.04. The van der Waals surface area contributed by atoms with Crippen LogP contribution >= 0.6 is 27.7 Å². The first-order valence-corrected chi connectivity index (χ1v) is 7.83. The first-order valence-electron chi connectivity index (χ1n) is 6.05. The molecule has 0 aromatic heterocycles. The summed E-state index contributed by atoms with van der Waals surface area (Å²) in [5.74, 6) is 1.93. The largest absolute Gasteiger partial charge is 0.496 e. The van der Waals surface area contributed by atoms with Crippen molar-refractivity contribution in [3.8, 4) is 5.75 Å². The number of anilines is 1. The fourth-order valence-corrected chi connectivity index (χ4v) is 3.01. The third-order valence-corrected chi connectivity index (χ3v) is 4.37. The van der Waals surface area contributed by atoms with Gasteiger partial charge in [0.15, 0.2) is 0 Å². The third kappa shape index (κ3) is 4.18. The molecule has 0 saturated carbocycles. The number of benzene rings is 2. The second kappa shape index (κ2) is 7.46. The van der Waals surface area contributed by atoms with Crippen LogP contribution in [0.25, 0.3) is 0 Å². The molecule has 2 aromatic carbocycles. The van der Waals surface area contributed by atoms with E-state index in [0.717, 1.165) is 28.2 Å². The van der Waals surface area contributed by atoms with Crippen molar-refractivity contribution in [1.29, 1.82) is 0 Å². The number of rotatable bonds is 6. The molecule has 100 valence electrons. The molecule has 2 rings (SSSR count). The van der Waals surface area contributed by atoms with Crippen LogP contribution in [-0.2, 0) is 0 Å². The van der Waals surface area contributed by atoms with Gasteiger partial charge in [-0.1, -0.05) is 24.3 Å². The van der Waals surface area contributed by atoms with Gasteiger partial charge < -0.3 is 10.1 Å². The zero-order valence-corrected chi connectivity index (χ0v) is 13.1. The molecule has 0 aliphatic rings. The van der Waals surface area contributed by atoms with E-state index in [0.29, 0.717) is 0 Å². The van der Waals surface area contributed by atoms with Gasteiger partial charge in [0.1, 0.15) is 5.75 Å². The van der Waals surface area contributed by atoms with Crippen molar-refractivity contribution in [3.63, 3.8) is 0 Å². The minimum absolute atomic E-state index is 0.908. The summed E-state index contributed by atoms with van der Waals surface area (Å²) in [4.78, 5) is 1.18. The lowest BCUT2D eigenvalue weighted by atomic mass is 10.3. The molecule has 0 radical (unpaired) electrons. The average molecular weight is 338 g/mol. The van der Waals surface area contributed by atoms with Gasteiger partial charge in [-0.2, -0.15) is 0 Å². The molecule has 0 aliphatic carbocycles. The summed E-state index contributed by atoms with van der Waals surface area (Å²) in [5.41, 5.74) is 1.13. The quantitative estimate of drug-likeness (QED) is 0.611. The average Bonchev–Trinajstić information content (AvgIpc) is 2.45. The van der Waals surface area contributed by atoms with Crippen molar-refractivity contribution in [2.24, 2.45) is 0 Å². The van der Waals surface area contributed by atoms with Gasteiger partial charge in [0, 0.05) is 27.4 Å². The number of halogens is 1. The van der Waals surface area contributed by atoms with E-state index in [2.05, 4.69) is 33.4 Å². The summed E-state index contributed by atoms with van der Waals surface area (Å²) < 4.78 is 6.43. The summed E-state index contributed by atoms with van der Waals surface area (Å²) in [6.07, 6.45) is 0. The summed E-state index contributed by atoms with van der Waals surface area (Å²) in [6.45, 7) is 0.908. The second-order valence-corrected chi connectivity index (χ2v) is 5.90. The fourth-order valence-electron chi connectivity index (χ4n) is 1.69. The Morgan fingerprint density at radius 1 is 1.11 bits per heavy atom. The molecule has 0 spiro atoms. The molecular formula is C15H16BrNOS. The predicted molar refractivity (Wildman–Crippen MR) is 86.3 cm³/mol. The Balaban J connectivity index is 1.83. The van der Waals surface area contributed by atoms with E-state index in [1.165, 1.54) is 4.90 Å². The standard InChI is InChI=1S/C15H16BrNOS/c1-18-14-8-4-5-9-15(14)19-11-10-17-13-7-3-2-6-12(13)16/h2-9,17H,10-11H2,1H3. The Hall–Kier alpha value is -1.13. The normalized spacial score (nSPS) is 10.2. The van der Waals surface area contributed by atoms with E-state index in [9.17, 15) is 0 Å². The van der Waals surface area contributed by atoms with Gasteiger partial charge in [0.2, 0.25) is 0 Å². The maximum atomic E-state index is 5.33. The number of para-hydroxylation sites is 2. The molecule has 0 fully saturated rings. The molecule has 0 bridgehead atoms. The highest BCUT2D eigenvalue weighted by Gasteiger charge is 2.02. The van der Waals surface area contributed by atoms with E-state index >= 15 is 0 Å². The second-order valence-electron chi connectivity index (χ2n) is 3.91. The number of hydrogen-bond acceptors (Lipinski definition) is 3. The van der Waals surface area contributed by atoms with Gasteiger partial charge in [0.25, 0.3) is 0 Å². The molecule has 2 aromatic rings. The van der Waals surface area contributed by atoms with Crippen LogP contribution < -0.4 is 10.1 Å². The smallest absolute Gasteiger partial charge is 0.132 e. The lowest BCUT2D eigenvalue weighted by molar-refractivity contribution is 0.405. The van der Waals surface area contributed by atoms with E-state index in [-0.39, 0.29) is 0 Å². The summed E-state index contributed by atoms with van der Waals surface area (Å²) in [6, 6.07) is 16.2. The Morgan fingerprint density at radius 3 is 2.63 bits per heavy atom. The van der Waals surface area contributed by atoms with Crippen LogP contribution in [0.1, 0.15) is 0 Å². The van der Waals surface area contributed by atoms with Crippen LogP contribution in [-0.4, -0.2) is 19.4 Å². The monoisotopic (exact) mass is 337 g/mol. The van der Waals surface area contributed by atoms with Crippen molar-refractivity contribution < 1.29 is 4.74 Å². The Kier molecular flexibility index (Phi) is 5.61. The summed E-state index contributed by atoms with van der Waals surface area (Å²) >= 11 is 5.32. The van der Waals surface area contributed by atoms with Gasteiger partial charge in [-0.15, -0.1) is 11.8 Å². The van der Waals surface area contributed by atoms with Crippen LogP contribution in [0.3, 0.4) is 0 Å². The Labute approximate surface area is 126 Å². The van der Waals surface area contributed by atoms with Gasteiger partial charge in [-0.25, -0.2) is 0 Å². The van der Waals surface area contributed by atoms with Crippen LogP contribution in [0.15, 0.2) is 57.9 Å². The SMILES string of the molecule is COc1ccccc1SCCNc1ccccc1Br. The van der Waals surface area contributed by atoms with E-state index in [1.807, 2.05) is 36.4 Å². The van der Waals surface area contributed by atoms with Crippen LogP contribution in [0, 0.1) is 0 Å². The van der Waals surface area contributed by atoms with Gasteiger partial charge >= 0.3 is 0 Å². The Morgan fingerprint density at radius 2 is 1.84 bits per heavy atom. The van der Waals surface area contributed by atoms with Crippen LogP contribution in [0.5, 0.6) is 5.75 Å². The number of hydrogen-bond donors (Lipinski definition) is 1. The maximum absolute atomic E-state index is 5.33. The number of thioether (sulfide) groups is 1. The number of ether oxygens (including phenoxy) is 1. The number of methoxy groups -OCH3 is 1. The summed E-state index contributed by atoms with van der Waals surface area (Å²) in [7, 11) is 1.71. The number of nitrogens with one attached hydrogen (secondary N) is 1. The van der Waals surface area contributed by atoms with Crippen molar-refractivity contribution in [3.05, 3.63) is 53.0 Å². The molecule has 1 N–H and O–H groups in total. The lowest BCUT2D eigenvalue weighted by Gasteiger charge is -2.10. The topological polar surface area (TPSA) is 21.3 Å².